The number of nitrogen functional groups attached to an aromatic ring is 1. The number of benzene rings is 1. The van der Waals surface area contributed by atoms with E-state index in [1.807, 2.05) is 24.5 Å². The molecular formula is C13H14F3N5. The molecule has 0 aliphatic carbocycles. The van der Waals surface area contributed by atoms with E-state index in [-0.39, 0.29) is 11.8 Å². The molecule has 5 nitrogen and oxygen atoms in total. The molecule has 0 radical (unpaired) electrons. The summed E-state index contributed by atoms with van der Waals surface area (Å²) in [6.45, 7) is 1.92. The van der Waals surface area contributed by atoms with Crippen LogP contribution in [0.3, 0.4) is 0 Å². The second-order valence-electron chi connectivity index (χ2n) is 4.47. The Bertz CT molecular complexity index is 625. The highest BCUT2D eigenvalue weighted by atomic mass is 19.4. The van der Waals surface area contributed by atoms with Gasteiger partial charge in [0.25, 0.3) is 0 Å². The van der Waals surface area contributed by atoms with Crippen molar-refractivity contribution in [3.8, 4) is 0 Å². The Hall–Kier alpha value is -2.35. The standard InChI is InChI=1S/C13H14F3N5/c1-8-3-5-9(6-4-8)21(2)11-7-10(13(14,15)16)18-12(19-11)20-17/h3-7H,17H2,1-2H3,(H,18,19,20). The van der Waals surface area contributed by atoms with Gasteiger partial charge < -0.3 is 4.90 Å². The number of halogens is 3. The Morgan fingerprint density at radius 1 is 1.14 bits per heavy atom. The Labute approximate surface area is 119 Å². The van der Waals surface area contributed by atoms with Gasteiger partial charge in [0.05, 0.1) is 0 Å². The van der Waals surface area contributed by atoms with Crippen LogP contribution >= 0.6 is 0 Å². The van der Waals surface area contributed by atoms with Gasteiger partial charge in [-0.25, -0.2) is 10.8 Å². The van der Waals surface area contributed by atoms with Gasteiger partial charge in [0.1, 0.15) is 5.82 Å². The third-order valence-electron chi connectivity index (χ3n) is 2.90. The number of aryl methyl sites for hydroxylation is 1. The van der Waals surface area contributed by atoms with E-state index in [4.69, 9.17) is 5.84 Å². The maximum Gasteiger partial charge on any atom is 0.433 e. The van der Waals surface area contributed by atoms with Gasteiger partial charge in [-0.15, -0.1) is 0 Å². The molecule has 0 unspecified atom stereocenters. The lowest BCUT2D eigenvalue weighted by atomic mass is 10.2. The Balaban J connectivity index is 2.45. The largest absolute Gasteiger partial charge is 0.433 e. The number of rotatable bonds is 3. The number of nitrogens with one attached hydrogen (secondary N) is 1. The first kappa shape index (κ1) is 15.0. The number of nitrogens with two attached hydrogens (primary N) is 1. The Morgan fingerprint density at radius 2 is 1.76 bits per heavy atom. The number of hydrogen-bond donors (Lipinski definition) is 2. The van der Waals surface area contributed by atoms with Gasteiger partial charge in [-0.3, -0.25) is 5.43 Å². The second kappa shape index (κ2) is 5.57. The van der Waals surface area contributed by atoms with Crippen LogP contribution in [-0.4, -0.2) is 17.0 Å². The molecule has 0 aliphatic rings. The van der Waals surface area contributed by atoms with Crippen LogP contribution < -0.4 is 16.2 Å². The lowest BCUT2D eigenvalue weighted by Crippen LogP contribution is -2.19. The summed E-state index contributed by atoms with van der Waals surface area (Å²) >= 11 is 0. The van der Waals surface area contributed by atoms with Crippen molar-refractivity contribution in [2.45, 2.75) is 13.1 Å². The van der Waals surface area contributed by atoms with Crippen molar-refractivity contribution in [2.75, 3.05) is 17.4 Å². The molecule has 2 rings (SSSR count). The van der Waals surface area contributed by atoms with Crippen LogP contribution in [-0.2, 0) is 6.18 Å². The summed E-state index contributed by atoms with van der Waals surface area (Å²) in [5.74, 6) is 4.93. The first-order chi connectivity index (χ1) is 9.81. The lowest BCUT2D eigenvalue weighted by molar-refractivity contribution is -0.141. The van der Waals surface area contributed by atoms with E-state index in [1.165, 1.54) is 4.90 Å². The maximum absolute atomic E-state index is 12.8. The van der Waals surface area contributed by atoms with E-state index in [0.29, 0.717) is 5.69 Å². The molecular weight excluding hydrogens is 283 g/mol. The molecule has 1 heterocycles. The summed E-state index contributed by atoms with van der Waals surface area (Å²) in [5, 5.41) is 0. The van der Waals surface area contributed by atoms with E-state index in [1.54, 1.807) is 19.2 Å². The van der Waals surface area contributed by atoms with Crippen molar-refractivity contribution in [3.63, 3.8) is 0 Å². The van der Waals surface area contributed by atoms with Gasteiger partial charge in [-0.1, -0.05) is 17.7 Å². The smallest absolute Gasteiger partial charge is 0.329 e. The number of nitrogens with zero attached hydrogens (tertiary/aromatic N) is 3. The van der Waals surface area contributed by atoms with Crippen molar-refractivity contribution < 1.29 is 13.2 Å². The fourth-order valence-corrected chi connectivity index (χ4v) is 1.72. The predicted molar refractivity (Wildman–Crippen MR) is 74.1 cm³/mol. The van der Waals surface area contributed by atoms with E-state index in [2.05, 4.69) is 9.97 Å². The van der Waals surface area contributed by atoms with E-state index in [0.717, 1.165) is 11.6 Å². The number of alkyl halides is 3. The third kappa shape index (κ3) is 3.40. The first-order valence-electron chi connectivity index (χ1n) is 6.04. The quantitative estimate of drug-likeness (QED) is 0.673. The fraction of sp³-hybridized carbons (Fsp3) is 0.231. The van der Waals surface area contributed by atoms with Gasteiger partial charge in [0.15, 0.2) is 5.69 Å². The molecule has 0 saturated carbocycles. The Kier molecular flexibility index (Phi) is 3.99. The molecule has 0 saturated heterocycles. The lowest BCUT2D eigenvalue weighted by Gasteiger charge is -2.20. The SMILES string of the molecule is Cc1ccc(N(C)c2cc(C(F)(F)F)nc(NN)n2)cc1. The molecule has 0 fully saturated rings. The van der Waals surface area contributed by atoms with Gasteiger partial charge in [-0.05, 0) is 19.1 Å². The fourth-order valence-electron chi connectivity index (χ4n) is 1.72. The predicted octanol–water partition coefficient (Wildman–Crippen LogP) is 2.86. The van der Waals surface area contributed by atoms with Crippen LogP contribution in [0.1, 0.15) is 11.3 Å². The van der Waals surface area contributed by atoms with Crippen LogP contribution in [0.25, 0.3) is 0 Å². The first-order valence-corrected chi connectivity index (χ1v) is 6.04. The number of hydrazine groups is 1. The highest BCUT2D eigenvalue weighted by Gasteiger charge is 2.34. The summed E-state index contributed by atoms with van der Waals surface area (Å²) in [7, 11) is 1.62. The van der Waals surface area contributed by atoms with E-state index in [9.17, 15) is 13.2 Å². The van der Waals surface area contributed by atoms with Crippen LogP contribution in [0, 0.1) is 6.92 Å². The van der Waals surface area contributed by atoms with Crippen molar-refractivity contribution >= 4 is 17.5 Å². The van der Waals surface area contributed by atoms with Gasteiger partial charge in [0.2, 0.25) is 5.95 Å². The molecule has 0 bridgehead atoms. The molecule has 8 heteroatoms. The molecule has 0 aliphatic heterocycles. The highest BCUT2D eigenvalue weighted by molar-refractivity contribution is 5.60. The average molecular weight is 297 g/mol. The van der Waals surface area contributed by atoms with Crippen molar-refractivity contribution in [1.29, 1.82) is 0 Å². The monoisotopic (exact) mass is 297 g/mol. The van der Waals surface area contributed by atoms with Crippen LogP contribution in [0.15, 0.2) is 30.3 Å². The molecule has 1 aromatic heterocycles. The second-order valence-corrected chi connectivity index (χ2v) is 4.47. The molecule has 0 spiro atoms. The van der Waals surface area contributed by atoms with Crippen molar-refractivity contribution in [3.05, 3.63) is 41.6 Å². The molecule has 1 aromatic carbocycles. The zero-order chi connectivity index (χ0) is 15.6. The third-order valence-corrected chi connectivity index (χ3v) is 2.90. The average Bonchev–Trinajstić information content (AvgIpc) is 2.46. The zero-order valence-corrected chi connectivity index (χ0v) is 11.4. The number of aromatic nitrogens is 2. The normalized spacial score (nSPS) is 11.3. The zero-order valence-electron chi connectivity index (χ0n) is 11.4. The highest BCUT2D eigenvalue weighted by Crippen LogP contribution is 2.31. The number of hydrogen-bond acceptors (Lipinski definition) is 5. The minimum absolute atomic E-state index is 0.0918. The number of anilines is 3. The summed E-state index contributed by atoms with van der Waals surface area (Å²) in [4.78, 5) is 8.78. The summed E-state index contributed by atoms with van der Waals surface area (Å²) < 4.78 is 38.5. The van der Waals surface area contributed by atoms with Gasteiger partial charge in [-0.2, -0.15) is 18.2 Å². The molecule has 0 atom stereocenters. The van der Waals surface area contributed by atoms with Crippen LogP contribution in [0.2, 0.25) is 0 Å². The van der Waals surface area contributed by atoms with Crippen molar-refractivity contribution in [1.82, 2.24) is 9.97 Å². The van der Waals surface area contributed by atoms with Crippen LogP contribution in [0.4, 0.5) is 30.6 Å². The summed E-state index contributed by atoms with van der Waals surface area (Å²) in [5.41, 5.74) is 2.75. The maximum atomic E-state index is 12.8. The van der Waals surface area contributed by atoms with Gasteiger partial charge >= 0.3 is 6.18 Å². The summed E-state index contributed by atoms with van der Waals surface area (Å²) in [6.07, 6.45) is -4.57. The topological polar surface area (TPSA) is 67.1 Å². The molecule has 0 amide bonds. The molecule has 112 valence electrons. The molecule has 2 aromatic rings. The van der Waals surface area contributed by atoms with E-state index >= 15 is 0 Å². The van der Waals surface area contributed by atoms with Crippen LogP contribution in [0.5, 0.6) is 0 Å². The summed E-state index contributed by atoms with van der Waals surface area (Å²) in [6, 6.07) is 8.18. The molecule has 3 N–H and O–H groups in total. The minimum Gasteiger partial charge on any atom is -0.329 e. The van der Waals surface area contributed by atoms with Gasteiger partial charge in [0, 0.05) is 18.8 Å². The Morgan fingerprint density at radius 3 is 2.29 bits per heavy atom. The minimum atomic E-state index is -4.57. The van der Waals surface area contributed by atoms with Crippen molar-refractivity contribution in [2.24, 2.45) is 5.84 Å². The molecule has 21 heavy (non-hydrogen) atoms. The van der Waals surface area contributed by atoms with E-state index < -0.39 is 11.9 Å².